The van der Waals surface area contributed by atoms with Crippen molar-refractivity contribution in [2.45, 2.75) is 6.18 Å². The van der Waals surface area contributed by atoms with Crippen LogP contribution in [0.3, 0.4) is 0 Å². The third kappa shape index (κ3) is 4.15. The molecule has 0 saturated carbocycles. The minimum absolute atomic E-state index is 0.00206. The zero-order valence-electron chi connectivity index (χ0n) is 16.4. The number of methoxy groups -OCH3 is 3. The lowest BCUT2D eigenvalue weighted by Gasteiger charge is -2.13. The molecule has 0 fully saturated rings. The zero-order chi connectivity index (χ0) is 21.9. The van der Waals surface area contributed by atoms with E-state index in [4.69, 9.17) is 14.2 Å². The average molecular weight is 424 g/mol. The third-order valence-corrected chi connectivity index (χ3v) is 4.28. The minimum Gasteiger partial charge on any atom is -0.493 e. The summed E-state index contributed by atoms with van der Waals surface area (Å²) in [5.74, 6) is 0.143. The standard InChI is InChI=1S/C19H19F3N4O4/c1-28-7-6-23-18(27)12-10-24-26-16(19(20,21)22)9-13(25-17(12)26)11-4-5-14(29-2)15(8-11)30-3/h4-5,8-10H,6-7H2,1-3H3,(H,23,27). The van der Waals surface area contributed by atoms with E-state index in [-0.39, 0.29) is 30.1 Å². The van der Waals surface area contributed by atoms with Gasteiger partial charge in [0.1, 0.15) is 5.56 Å². The van der Waals surface area contributed by atoms with Crippen molar-refractivity contribution < 1.29 is 32.2 Å². The van der Waals surface area contributed by atoms with Crippen LogP contribution in [0, 0.1) is 0 Å². The Hall–Kier alpha value is -3.34. The Bertz CT molecular complexity index is 1070. The van der Waals surface area contributed by atoms with Crippen molar-refractivity contribution in [2.24, 2.45) is 0 Å². The number of nitrogens with one attached hydrogen (secondary N) is 1. The highest BCUT2D eigenvalue weighted by Crippen LogP contribution is 2.35. The number of ether oxygens (including phenoxy) is 3. The number of halogens is 3. The summed E-state index contributed by atoms with van der Waals surface area (Å²) in [5.41, 5.74) is -1.01. The molecular formula is C19H19F3N4O4. The maximum absolute atomic E-state index is 13.7. The summed E-state index contributed by atoms with van der Waals surface area (Å²) in [7, 11) is 4.33. The lowest BCUT2D eigenvalue weighted by molar-refractivity contribution is -0.142. The van der Waals surface area contributed by atoms with Crippen LogP contribution in [0.25, 0.3) is 16.9 Å². The number of hydrogen-bond acceptors (Lipinski definition) is 6. The van der Waals surface area contributed by atoms with Gasteiger partial charge < -0.3 is 19.5 Å². The number of nitrogens with zero attached hydrogens (tertiary/aromatic N) is 3. The van der Waals surface area contributed by atoms with E-state index in [0.717, 1.165) is 12.3 Å². The summed E-state index contributed by atoms with van der Waals surface area (Å²) in [5, 5.41) is 6.28. The summed E-state index contributed by atoms with van der Waals surface area (Å²) in [6, 6.07) is 5.48. The smallest absolute Gasteiger partial charge is 0.433 e. The normalized spacial score (nSPS) is 11.5. The maximum Gasteiger partial charge on any atom is 0.433 e. The van der Waals surface area contributed by atoms with E-state index < -0.39 is 17.8 Å². The summed E-state index contributed by atoms with van der Waals surface area (Å²) < 4.78 is 56.9. The number of aromatic nitrogens is 3. The molecule has 0 saturated heterocycles. The number of carbonyl (C=O) groups excluding carboxylic acids is 1. The van der Waals surface area contributed by atoms with Crippen molar-refractivity contribution in [2.75, 3.05) is 34.5 Å². The molecule has 1 N–H and O–H groups in total. The van der Waals surface area contributed by atoms with Crippen molar-refractivity contribution in [1.29, 1.82) is 0 Å². The van der Waals surface area contributed by atoms with Crippen LogP contribution in [-0.4, -0.2) is 55.0 Å². The summed E-state index contributed by atoms with van der Waals surface area (Å²) in [6.45, 7) is 0.442. The number of carbonyl (C=O) groups is 1. The second kappa shape index (κ2) is 8.57. The molecule has 0 unspecified atom stereocenters. The molecule has 160 valence electrons. The third-order valence-electron chi connectivity index (χ3n) is 4.28. The molecule has 0 aliphatic heterocycles. The maximum atomic E-state index is 13.7. The van der Waals surface area contributed by atoms with Gasteiger partial charge in [-0.15, -0.1) is 0 Å². The molecule has 3 rings (SSSR count). The highest BCUT2D eigenvalue weighted by molar-refractivity contribution is 5.99. The predicted molar refractivity (Wildman–Crippen MR) is 101 cm³/mol. The van der Waals surface area contributed by atoms with Crippen LogP contribution in [0.15, 0.2) is 30.5 Å². The molecule has 30 heavy (non-hydrogen) atoms. The summed E-state index contributed by atoms with van der Waals surface area (Å²) in [4.78, 5) is 16.7. The fourth-order valence-electron chi connectivity index (χ4n) is 2.83. The Morgan fingerprint density at radius 2 is 1.87 bits per heavy atom. The van der Waals surface area contributed by atoms with Crippen molar-refractivity contribution in [1.82, 2.24) is 19.9 Å². The fourth-order valence-corrected chi connectivity index (χ4v) is 2.83. The summed E-state index contributed by atoms with van der Waals surface area (Å²) in [6.07, 6.45) is -3.67. The van der Waals surface area contributed by atoms with E-state index in [1.807, 2.05) is 0 Å². The molecule has 1 aromatic carbocycles. The van der Waals surface area contributed by atoms with Gasteiger partial charge in [-0.3, -0.25) is 4.79 Å². The highest BCUT2D eigenvalue weighted by Gasteiger charge is 2.36. The SMILES string of the molecule is COCCNC(=O)c1cnn2c(C(F)(F)F)cc(-c3ccc(OC)c(OC)c3)nc12. The molecule has 0 atom stereocenters. The van der Waals surface area contributed by atoms with Crippen molar-refractivity contribution in [3.05, 3.63) is 41.7 Å². The van der Waals surface area contributed by atoms with Gasteiger partial charge in [0.15, 0.2) is 22.8 Å². The quantitative estimate of drug-likeness (QED) is 0.587. The van der Waals surface area contributed by atoms with Gasteiger partial charge in [0, 0.05) is 19.2 Å². The molecular weight excluding hydrogens is 405 g/mol. The zero-order valence-corrected chi connectivity index (χ0v) is 16.4. The van der Waals surface area contributed by atoms with Gasteiger partial charge in [0.2, 0.25) is 0 Å². The van der Waals surface area contributed by atoms with Gasteiger partial charge in [0.05, 0.1) is 32.7 Å². The van der Waals surface area contributed by atoms with Crippen LogP contribution in [0.2, 0.25) is 0 Å². The first-order valence-corrected chi connectivity index (χ1v) is 8.75. The van der Waals surface area contributed by atoms with Crippen LogP contribution in [0.1, 0.15) is 16.1 Å². The monoisotopic (exact) mass is 424 g/mol. The molecule has 0 aliphatic rings. The van der Waals surface area contributed by atoms with Crippen molar-refractivity contribution >= 4 is 11.6 Å². The molecule has 8 nitrogen and oxygen atoms in total. The Morgan fingerprint density at radius 3 is 2.50 bits per heavy atom. The highest BCUT2D eigenvalue weighted by atomic mass is 19.4. The first-order valence-electron chi connectivity index (χ1n) is 8.75. The van der Waals surface area contributed by atoms with Crippen LogP contribution < -0.4 is 14.8 Å². The Balaban J connectivity index is 2.16. The number of alkyl halides is 3. The molecule has 11 heteroatoms. The first-order chi connectivity index (χ1) is 14.3. The number of hydrogen-bond donors (Lipinski definition) is 1. The van der Waals surface area contributed by atoms with Crippen LogP contribution >= 0.6 is 0 Å². The van der Waals surface area contributed by atoms with E-state index in [0.29, 0.717) is 21.6 Å². The van der Waals surface area contributed by atoms with Gasteiger partial charge >= 0.3 is 6.18 Å². The summed E-state index contributed by atoms with van der Waals surface area (Å²) >= 11 is 0. The Labute approximate surface area is 169 Å². The number of fused-ring (bicyclic) bond motifs is 1. The lowest BCUT2D eigenvalue weighted by atomic mass is 10.1. The predicted octanol–water partition coefficient (Wildman–Crippen LogP) is 2.81. The van der Waals surface area contributed by atoms with E-state index in [1.165, 1.54) is 27.4 Å². The van der Waals surface area contributed by atoms with Crippen molar-refractivity contribution in [3.63, 3.8) is 0 Å². The second-order valence-corrected chi connectivity index (χ2v) is 6.14. The fraction of sp³-hybridized carbons (Fsp3) is 0.316. The van der Waals surface area contributed by atoms with Crippen LogP contribution in [0.5, 0.6) is 11.5 Å². The van der Waals surface area contributed by atoms with E-state index in [9.17, 15) is 18.0 Å². The Kier molecular flexibility index (Phi) is 6.11. The number of amides is 1. The largest absolute Gasteiger partial charge is 0.493 e. The lowest BCUT2D eigenvalue weighted by Crippen LogP contribution is -2.27. The minimum atomic E-state index is -4.72. The molecule has 0 aliphatic carbocycles. The van der Waals surface area contributed by atoms with Crippen molar-refractivity contribution in [3.8, 4) is 22.8 Å². The first kappa shape index (κ1) is 21.4. The molecule has 2 aromatic heterocycles. The van der Waals surface area contributed by atoms with Gasteiger partial charge in [-0.05, 0) is 24.3 Å². The number of rotatable bonds is 7. The molecule has 2 heterocycles. The van der Waals surface area contributed by atoms with Crippen LogP contribution in [0.4, 0.5) is 13.2 Å². The number of benzene rings is 1. The second-order valence-electron chi connectivity index (χ2n) is 6.14. The molecule has 0 spiro atoms. The van der Waals surface area contributed by atoms with Gasteiger partial charge in [0.25, 0.3) is 5.91 Å². The van der Waals surface area contributed by atoms with E-state index in [2.05, 4.69) is 15.4 Å². The van der Waals surface area contributed by atoms with Gasteiger partial charge in [-0.25, -0.2) is 9.50 Å². The average Bonchev–Trinajstić information content (AvgIpc) is 3.15. The van der Waals surface area contributed by atoms with E-state index >= 15 is 0 Å². The topological polar surface area (TPSA) is 87.0 Å². The molecule has 1 amide bonds. The molecule has 3 aromatic rings. The van der Waals surface area contributed by atoms with Gasteiger partial charge in [-0.2, -0.15) is 18.3 Å². The molecule has 0 radical (unpaired) electrons. The van der Waals surface area contributed by atoms with E-state index in [1.54, 1.807) is 12.1 Å². The van der Waals surface area contributed by atoms with Gasteiger partial charge in [-0.1, -0.05) is 0 Å². The van der Waals surface area contributed by atoms with Crippen LogP contribution in [-0.2, 0) is 10.9 Å². The Morgan fingerprint density at radius 1 is 1.13 bits per heavy atom. The molecule has 0 bridgehead atoms.